The second kappa shape index (κ2) is 5.87. The highest BCUT2D eigenvalue weighted by molar-refractivity contribution is 5.47. The Morgan fingerprint density at radius 1 is 1.16 bits per heavy atom. The largest absolute Gasteiger partial charge is 0.497 e. The summed E-state index contributed by atoms with van der Waals surface area (Å²) in [5.41, 5.74) is 1.26. The Labute approximate surface area is 110 Å². The van der Waals surface area contributed by atoms with Gasteiger partial charge in [0.15, 0.2) is 0 Å². The van der Waals surface area contributed by atoms with Gasteiger partial charge in [0.2, 0.25) is 0 Å². The molecule has 0 bridgehead atoms. The van der Waals surface area contributed by atoms with Crippen molar-refractivity contribution in [2.75, 3.05) is 7.11 Å². The van der Waals surface area contributed by atoms with E-state index >= 15 is 0 Å². The van der Waals surface area contributed by atoms with E-state index in [0.29, 0.717) is 17.1 Å². The minimum Gasteiger partial charge on any atom is -0.497 e. The summed E-state index contributed by atoms with van der Waals surface area (Å²) in [7, 11) is 1.55. The van der Waals surface area contributed by atoms with Crippen molar-refractivity contribution in [3.8, 4) is 17.6 Å². The molecule has 2 rings (SSSR count). The van der Waals surface area contributed by atoms with Gasteiger partial charge in [-0.1, -0.05) is 12.1 Å². The Morgan fingerprint density at radius 3 is 2.53 bits per heavy atom. The van der Waals surface area contributed by atoms with Crippen LogP contribution in [0.5, 0.6) is 11.5 Å². The first-order chi connectivity index (χ1) is 9.22. The van der Waals surface area contributed by atoms with E-state index in [2.05, 4.69) is 6.07 Å². The molecule has 2 aromatic rings. The summed E-state index contributed by atoms with van der Waals surface area (Å²) in [6.07, 6.45) is 0. The molecule has 0 aliphatic rings. The highest BCUT2D eigenvalue weighted by Crippen LogP contribution is 2.25. The zero-order chi connectivity index (χ0) is 13.7. The number of ether oxygens (including phenoxy) is 2. The highest BCUT2D eigenvalue weighted by atomic mass is 19.1. The van der Waals surface area contributed by atoms with Crippen molar-refractivity contribution < 1.29 is 13.9 Å². The summed E-state index contributed by atoms with van der Waals surface area (Å²) in [5, 5.41) is 9.00. The predicted molar refractivity (Wildman–Crippen MR) is 68.4 cm³/mol. The third kappa shape index (κ3) is 3.23. The molecule has 0 aliphatic heterocycles. The molecular formula is C15H12FNO2. The molecule has 0 saturated carbocycles. The normalized spacial score (nSPS) is 9.74. The standard InChI is InChI=1S/C15H12FNO2/c1-18-14-7-4-12(9-17)15(8-14)19-10-11-2-5-13(16)6-3-11/h2-8H,10H2,1H3. The van der Waals surface area contributed by atoms with Crippen molar-refractivity contribution >= 4 is 0 Å². The molecule has 4 heteroatoms. The van der Waals surface area contributed by atoms with Gasteiger partial charge in [0.25, 0.3) is 0 Å². The van der Waals surface area contributed by atoms with Crippen molar-refractivity contribution in [2.45, 2.75) is 6.61 Å². The van der Waals surface area contributed by atoms with Crippen LogP contribution < -0.4 is 9.47 Å². The zero-order valence-corrected chi connectivity index (χ0v) is 10.4. The van der Waals surface area contributed by atoms with E-state index in [1.54, 1.807) is 37.4 Å². The fraction of sp³-hybridized carbons (Fsp3) is 0.133. The highest BCUT2D eigenvalue weighted by Gasteiger charge is 2.05. The van der Waals surface area contributed by atoms with Gasteiger partial charge in [0.1, 0.15) is 30.0 Å². The van der Waals surface area contributed by atoms with Crippen molar-refractivity contribution in [1.82, 2.24) is 0 Å². The lowest BCUT2D eigenvalue weighted by atomic mass is 10.2. The molecule has 0 spiro atoms. The number of benzene rings is 2. The van der Waals surface area contributed by atoms with Gasteiger partial charge in [0, 0.05) is 6.07 Å². The van der Waals surface area contributed by atoms with E-state index < -0.39 is 0 Å². The van der Waals surface area contributed by atoms with Crippen LogP contribution in [0.2, 0.25) is 0 Å². The maximum Gasteiger partial charge on any atom is 0.141 e. The molecule has 0 aliphatic carbocycles. The number of halogens is 1. The molecule has 0 unspecified atom stereocenters. The van der Waals surface area contributed by atoms with E-state index in [1.807, 2.05) is 0 Å². The maximum absolute atomic E-state index is 12.8. The van der Waals surface area contributed by atoms with Gasteiger partial charge in [-0.25, -0.2) is 4.39 Å². The molecule has 0 amide bonds. The first-order valence-electron chi connectivity index (χ1n) is 5.68. The SMILES string of the molecule is COc1ccc(C#N)c(OCc2ccc(F)cc2)c1. The fourth-order valence-electron chi connectivity index (χ4n) is 1.58. The zero-order valence-electron chi connectivity index (χ0n) is 10.4. The number of nitriles is 1. The number of hydrogen-bond donors (Lipinski definition) is 0. The minimum atomic E-state index is -0.289. The van der Waals surface area contributed by atoms with Crippen LogP contribution in [-0.2, 0) is 6.61 Å². The lowest BCUT2D eigenvalue weighted by Crippen LogP contribution is -1.98. The number of hydrogen-bond acceptors (Lipinski definition) is 3. The monoisotopic (exact) mass is 257 g/mol. The maximum atomic E-state index is 12.8. The van der Waals surface area contributed by atoms with Crippen LogP contribution in [0.1, 0.15) is 11.1 Å². The van der Waals surface area contributed by atoms with Crippen LogP contribution in [0.4, 0.5) is 4.39 Å². The van der Waals surface area contributed by atoms with Crippen molar-refractivity contribution in [3.05, 3.63) is 59.4 Å². The molecule has 96 valence electrons. The third-order valence-corrected chi connectivity index (χ3v) is 2.62. The molecule has 19 heavy (non-hydrogen) atoms. The first kappa shape index (κ1) is 12.9. The Bertz CT molecular complexity index is 603. The number of rotatable bonds is 4. The molecule has 0 aromatic heterocycles. The summed E-state index contributed by atoms with van der Waals surface area (Å²) in [6.45, 7) is 0.266. The van der Waals surface area contributed by atoms with Gasteiger partial charge >= 0.3 is 0 Å². The summed E-state index contributed by atoms with van der Waals surface area (Å²) in [4.78, 5) is 0. The van der Waals surface area contributed by atoms with Crippen LogP contribution in [0.25, 0.3) is 0 Å². The van der Waals surface area contributed by atoms with Gasteiger partial charge in [-0.05, 0) is 29.8 Å². The number of methoxy groups -OCH3 is 1. The van der Waals surface area contributed by atoms with E-state index in [0.717, 1.165) is 5.56 Å². The quantitative estimate of drug-likeness (QED) is 0.844. The van der Waals surface area contributed by atoms with Crippen LogP contribution in [0.15, 0.2) is 42.5 Å². The lowest BCUT2D eigenvalue weighted by molar-refractivity contribution is 0.302. The minimum absolute atomic E-state index is 0.266. The summed E-state index contributed by atoms with van der Waals surface area (Å²) in [6, 6.07) is 13.1. The van der Waals surface area contributed by atoms with Gasteiger partial charge < -0.3 is 9.47 Å². The van der Waals surface area contributed by atoms with Crippen LogP contribution >= 0.6 is 0 Å². The van der Waals surface area contributed by atoms with Crippen molar-refractivity contribution in [3.63, 3.8) is 0 Å². The van der Waals surface area contributed by atoms with E-state index in [4.69, 9.17) is 14.7 Å². The molecule has 0 heterocycles. The molecule has 3 nitrogen and oxygen atoms in total. The second-order valence-corrected chi connectivity index (χ2v) is 3.89. The van der Waals surface area contributed by atoms with Gasteiger partial charge in [-0.2, -0.15) is 5.26 Å². The lowest BCUT2D eigenvalue weighted by Gasteiger charge is -2.09. The van der Waals surface area contributed by atoms with Crippen LogP contribution in [0, 0.1) is 17.1 Å². The molecule has 0 N–H and O–H groups in total. The molecule has 0 radical (unpaired) electrons. The molecule has 0 saturated heterocycles. The molecule has 2 aromatic carbocycles. The Balaban J connectivity index is 2.14. The van der Waals surface area contributed by atoms with Crippen molar-refractivity contribution in [2.24, 2.45) is 0 Å². The van der Waals surface area contributed by atoms with E-state index in [1.165, 1.54) is 12.1 Å². The van der Waals surface area contributed by atoms with Crippen LogP contribution in [-0.4, -0.2) is 7.11 Å². The van der Waals surface area contributed by atoms with Gasteiger partial charge in [-0.3, -0.25) is 0 Å². The average molecular weight is 257 g/mol. The topological polar surface area (TPSA) is 42.2 Å². The van der Waals surface area contributed by atoms with Gasteiger partial charge in [0.05, 0.1) is 12.7 Å². The molecular weight excluding hydrogens is 245 g/mol. The Hall–Kier alpha value is -2.54. The summed E-state index contributed by atoms with van der Waals surface area (Å²) < 4.78 is 23.4. The predicted octanol–water partition coefficient (Wildman–Crippen LogP) is 3.28. The smallest absolute Gasteiger partial charge is 0.141 e. The third-order valence-electron chi connectivity index (χ3n) is 2.62. The molecule has 0 fully saturated rings. The second-order valence-electron chi connectivity index (χ2n) is 3.89. The summed E-state index contributed by atoms with van der Waals surface area (Å²) in [5.74, 6) is 0.780. The first-order valence-corrected chi connectivity index (χ1v) is 5.68. The fourth-order valence-corrected chi connectivity index (χ4v) is 1.58. The van der Waals surface area contributed by atoms with Gasteiger partial charge in [-0.15, -0.1) is 0 Å². The van der Waals surface area contributed by atoms with Crippen LogP contribution in [0.3, 0.4) is 0 Å². The Morgan fingerprint density at radius 2 is 1.89 bits per heavy atom. The Kier molecular flexibility index (Phi) is 3.99. The van der Waals surface area contributed by atoms with E-state index in [-0.39, 0.29) is 12.4 Å². The van der Waals surface area contributed by atoms with Crippen molar-refractivity contribution in [1.29, 1.82) is 5.26 Å². The molecule has 0 atom stereocenters. The average Bonchev–Trinajstić information content (AvgIpc) is 2.46. The van der Waals surface area contributed by atoms with E-state index in [9.17, 15) is 4.39 Å². The summed E-state index contributed by atoms with van der Waals surface area (Å²) >= 11 is 0. The number of nitrogens with zero attached hydrogens (tertiary/aromatic N) is 1.